The van der Waals surface area contributed by atoms with Crippen LogP contribution in [-0.4, -0.2) is 42.2 Å². The lowest BCUT2D eigenvalue weighted by Gasteiger charge is -2.45. The number of hydrogen-bond donors (Lipinski definition) is 2. The number of amides is 1. The Morgan fingerprint density at radius 3 is 2.56 bits per heavy atom. The summed E-state index contributed by atoms with van der Waals surface area (Å²) in [5.41, 5.74) is 0. The number of carbonyl (C=O) groups excluding carboxylic acids is 1. The molecule has 1 aliphatic heterocycles. The van der Waals surface area contributed by atoms with E-state index in [-0.39, 0.29) is 11.8 Å². The minimum absolute atomic E-state index is 0.0204. The van der Waals surface area contributed by atoms with Crippen molar-refractivity contribution in [3.8, 4) is 0 Å². The molecule has 1 amide bonds. The quantitative estimate of drug-likeness (QED) is 0.752. The van der Waals surface area contributed by atoms with Gasteiger partial charge in [-0.1, -0.05) is 20.8 Å². The van der Waals surface area contributed by atoms with E-state index in [1.807, 2.05) is 14.0 Å². The first-order valence-corrected chi connectivity index (χ1v) is 7.73. The van der Waals surface area contributed by atoms with Gasteiger partial charge < -0.3 is 10.2 Å². The van der Waals surface area contributed by atoms with E-state index in [1.165, 1.54) is 6.42 Å². The van der Waals surface area contributed by atoms with Crippen molar-refractivity contribution in [1.82, 2.24) is 10.2 Å². The minimum Gasteiger partial charge on any atom is -0.335 e. The fraction of sp³-hybridized carbons (Fsp3) is 0.929. The molecule has 3 nitrogen and oxygen atoms in total. The van der Waals surface area contributed by atoms with Crippen LogP contribution in [-0.2, 0) is 4.79 Å². The second kappa shape index (κ2) is 7.39. The highest BCUT2D eigenvalue weighted by atomic mass is 32.1. The molecule has 0 spiro atoms. The Morgan fingerprint density at radius 1 is 1.39 bits per heavy atom. The number of thiol groups is 1. The van der Waals surface area contributed by atoms with Crippen molar-refractivity contribution in [2.75, 3.05) is 19.3 Å². The lowest BCUT2D eigenvalue weighted by Crippen LogP contribution is -2.56. The third-order valence-corrected chi connectivity index (χ3v) is 4.49. The van der Waals surface area contributed by atoms with Crippen LogP contribution in [0.3, 0.4) is 0 Å². The summed E-state index contributed by atoms with van der Waals surface area (Å²) in [5.74, 6) is 1.46. The lowest BCUT2D eigenvalue weighted by atomic mass is 9.87. The van der Waals surface area contributed by atoms with Gasteiger partial charge in [0.25, 0.3) is 0 Å². The molecule has 0 aliphatic carbocycles. The van der Waals surface area contributed by atoms with Crippen molar-refractivity contribution in [2.45, 2.75) is 52.1 Å². The Hall–Kier alpha value is -0.220. The SMILES string of the molecule is CNCC1CCCC(C(C)C)N1C(=O)C(C)CS. The van der Waals surface area contributed by atoms with Crippen LogP contribution < -0.4 is 5.32 Å². The van der Waals surface area contributed by atoms with E-state index in [0.29, 0.717) is 23.8 Å². The Balaban J connectivity index is 2.88. The zero-order valence-electron chi connectivity index (χ0n) is 12.1. The highest BCUT2D eigenvalue weighted by Gasteiger charge is 2.36. The first-order chi connectivity index (χ1) is 8.52. The molecule has 106 valence electrons. The molecule has 0 bridgehead atoms. The number of rotatable bonds is 5. The fourth-order valence-corrected chi connectivity index (χ4v) is 3.03. The normalized spacial score (nSPS) is 26.4. The molecular formula is C14H28N2OS. The molecule has 1 heterocycles. The summed E-state index contributed by atoms with van der Waals surface area (Å²) < 4.78 is 0. The molecule has 1 fully saturated rings. The zero-order chi connectivity index (χ0) is 13.7. The predicted molar refractivity (Wildman–Crippen MR) is 80.1 cm³/mol. The molecule has 0 aromatic carbocycles. The van der Waals surface area contributed by atoms with Crippen LogP contribution in [0.5, 0.6) is 0 Å². The van der Waals surface area contributed by atoms with Crippen LogP contribution >= 0.6 is 12.6 Å². The molecule has 1 saturated heterocycles. The van der Waals surface area contributed by atoms with E-state index in [9.17, 15) is 4.79 Å². The predicted octanol–water partition coefficient (Wildman–Crippen LogP) is 2.18. The van der Waals surface area contributed by atoms with Gasteiger partial charge in [0.2, 0.25) is 5.91 Å². The Labute approximate surface area is 117 Å². The third-order valence-electron chi connectivity index (χ3n) is 3.95. The van der Waals surface area contributed by atoms with Crippen molar-refractivity contribution >= 4 is 18.5 Å². The zero-order valence-corrected chi connectivity index (χ0v) is 13.0. The number of hydrogen-bond acceptors (Lipinski definition) is 3. The highest BCUT2D eigenvalue weighted by molar-refractivity contribution is 7.80. The van der Waals surface area contributed by atoms with Gasteiger partial charge in [-0.15, -0.1) is 0 Å². The monoisotopic (exact) mass is 272 g/mol. The summed E-state index contributed by atoms with van der Waals surface area (Å²) in [7, 11) is 1.96. The van der Waals surface area contributed by atoms with E-state index in [1.54, 1.807) is 0 Å². The molecule has 3 unspecified atom stereocenters. The average molecular weight is 272 g/mol. The van der Waals surface area contributed by atoms with Crippen molar-refractivity contribution in [3.05, 3.63) is 0 Å². The first kappa shape index (κ1) is 15.8. The van der Waals surface area contributed by atoms with Crippen molar-refractivity contribution < 1.29 is 4.79 Å². The Morgan fingerprint density at radius 2 is 2.06 bits per heavy atom. The molecule has 18 heavy (non-hydrogen) atoms. The molecule has 0 aromatic heterocycles. The van der Waals surface area contributed by atoms with Crippen molar-refractivity contribution in [3.63, 3.8) is 0 Å². The van der Waals surface area contributed by atoms with Gasteiger partial charge in [-0.05, 0) is 32.2 Å². The summed E-state index contributed by atoms with van der Waals surface area (Å²) >= 11 is 4.27. The smallest absolute Gasteiger partial charge is 0.226 e. The van der Waals surface area contributed by atoms with Crippen LogP contribution in [0.15, 0.2) is 0 Å². The molecule has 3 atom stereocenters. The number of nitrogens with one attached hydrogen (secondary N) is 1. The summed E-state index contributed by atoms with van der Waals surface area (Å²) in [5, 5.41) is 3.23. The number of piperidine rings is 1. The second-order valence-corrected chi connectivity index (χ2v) is 6.15. The van der Waals surface area contributed by atoms with Gasteiger partial charge in [-0.3, -0.25) is 4.79 Å². The maximum Gasteiger partial charge on any atom is 0.226 e. The van der Waals surface area contributed by atoms with E-state index >= 15 is 0 Å². The molecule has 1 rings (SSSR count). The van der Waals surface area contributed by atoms with E-state index < -0.39 is 0 Å². The average Bonchev–Trinajstić information content (AvgIpc) is 2.37. The molecular weight excluding hydrogens is 244 g/mol. The van der Waals surface area contributed by atoms with Crippen LogP contribution in [0, 0.1) is 11.8 Å². The summed E-state index contributed by atoms with van der Waals surface area (Å²) in [6.07, 6.45) is 3.49. The van der Waals surface area contributed by atoms with Gasteiger partial charge in [0, 0.05) is 30.3 Å². The number of likely N-dealkylation sites (N-methyl/N-ethyl adjacent to an activating group) is 1. The van der Waals surface area contributed by atoms with Crippen LogP contribution in [0.4, 0.5) is 0 Å². The first-order valence-electron chi connectivity index (χ1n) is 7.10. The second-order valence-electron chi connectivity index (χ2n) is 5.78. The molecule has 0 aromatic rings. The lowest BCUT2D eigenvalue weighted by molar-refractivity contribution is -0.142. The summed E-state index contributed by atoms with van der Waals surface area (Å²) in [6, 6.07) is 0.748. The fourth-order valence-electron chi connectivity index (χ4n) is 2.88. The van der Waals surface area contributed by atoms with Gasteiger partial charge in [0.1, 0.15) is 0 Å². The minimum atomic E-state index is 0.0204. The van der Waals surface area contributed by atoms with Crippen LogP contribution in [0.2, 0.25) is 0 Å². The maximum atomic E-state index is 12.6. The largest absolute Gasteiger partial charge is 0.335 e. The van der Waals surface area contributed by atoms with Gasteiger partial charge >= 0.3 is 0 Å². The highest BCUT2D eigenvalue weighted by Crippen LogP contribution is 2.29. The number of nitrogens with zero attached hydrogens (tertiary/aromatic N) is 1. The van der Waals surface area contributed by atoms with Crippen LogP contribution in [0.1, 0.15) is 40.0 Å². The maximum absolute atomic E-state index is 12.6. The van der Waals surface area contributed by atoms with Crippen molar-refractivity contribution in [1.29, 1.82) is 0 Å². The number of carbonyl (C=O) groups is 1. The molecule has 1 N–H and O–H groups in total. The molecule has 4 heteroatoms. The van der Waals surface area contributed by atoms with E-state index in [4.69, 9.17) is 0 Å². The van der Waals surface area contributed by atoms with Gasteiger partial charge in [-0.25, -0.2) is 0 Å². The van der Waals surface area contributed by atoms with Gasteiger partial charge in [0.15, 0.2) is 0 Å². The van der Waals surface area contributed by atoms with Crippen molar-refractivity contribution in [2.24, 2.45) is 11.8 Å². The van der Waals surface area contributed by atoms with Gasteiger partial charge in [-0.2, -0.15) is 12.6 Å². The van der Waals surface area contributed by atoms with Crippen LogP contribution in [0.25, 0.3) is 0 Å². The Kier molecular flexibility index (Phi) is 6.50. The topological polar surface area (TPSA) is 32.3 Å². The van der Waals surface area contributed by atoms with E-state index in [0.717, 1.165) is 19.4 Å². The third kappa shape index (κ3) is 3.64. The summed E-state index contributed by atoms with van der Waals surface area (Å²) in [6.45, 7) is 7.32. The molecule has 1 aliphatic rings. The Bertz CT molecular complexity index is 269. The molecule has 0 saturated carbocycles. The van der Waals surface area contributed by atoms with Gasteiger partial charge in [0.05, 0.1) is 0 Å². The summed E-state index contributed by atoms with van der Waals surface area (Å²) in [4.78, 5) is 14.7. The van der Waals surface area contributed by atoms with E-state index in [2.05, 4.69) is 36.7 Å². The molecule has 0 radical (unpaired) electrons. The number of likely N-dealkylation sites (tertiary alicyclic amines) is 1. The standard InChI is InChI=1S/C14H28N2OS/c1-10(2)13-7-5-6-12(8-15-4)16(13)14(17)11(3)9-18/h10-13,15,18H,5-9H2,1-4H3.